The Kier molecular flexibility index (Phi) is 6.47. The molecule has 0 atom stereocenters. The van der Waals surface area contributed by atoms with Gasteiger partial charge in [0.1, 0.15) is 5.82 Å². The number of hydrazine groups is 1. The number of hydrogen-bond donors (Lipinski definition) is 2. The van der Waals surface area contributed by atoms with Gasteiger partial charge in [-0.15, -0.1) is 0 Å². The minimum Gasteiger partial charge on any atom is -0.466 e. The van der Waals surface area contributed by atoms with E-state index in [4.69, 9.17) is 10.6 Å². The number of anilines is 2. The summed E-state index contributed by atoms with van der Waals surface area (Å²) >= 11 is 0. The second-order valence-electron chi connectivity index (χ2n) is 5.37. The van der Waals surface area contributed by atoms with Gasteiger partial charge in [-0.05, 0) is 31.2 Å². The van der Waals surface area contributed by atoms with Crippen LogP contribution >= 0.6 is 0 Å². The molecule has 7 nitrogen and oxygen atoms in total. The highest BCUT2D eigenvalue weighted by atomic mass is 16.5. The molecule has 0 fully saturated rings. The molecule has 0 bridgehead atoms. The Morgan fingerprint density at radius 2 is 2.08 bits per heavy atom. The van der Waals surface area contributed by atoms with Crippen LogP contribution in [0.3, 0.4) is 0 Å². The maximum atomic E-state index is 12.8. The van der Waals surface area contributed by atoms with Crippen molar-refractivity contribution in [3.63, 3.8) is 0 Å². The highest BCUT2D eigenvalue weighted by Crippen LogP contribution is 2.20. The molecule has 0 aliphatic carbocycles. The summed E-state index contributed by atoms with van der Waals surface area (Å²) in [7, 11) is 1.70. The molecule has 1 aromatic carbocycles. The predicted molar refractivity (Wildman–Crippen MR) is 96.4 cm³/mol. The smallest absolute Gasteiger partial charge is 0.307 e. The Labute approximate surface area is 146 Å². The molecule has 132 valence electrons. The maximum Gasteiger partial charge on any atom is 0.307 e. The lowest BCUT2D eigenvalue weighted by atomic mass is 10.0. The van der Waals surface area contributed by atoms with Crippen molar-refractivity contribution in [1.82, 2.24) is 4.98 Å². The number of rotatable bonds is 8. The summed E-state index contributed by atoms with van der Waals surface area (Å²) in [4.78, 5) is 28.4. The standard InChI is InChI=1S/C18H22N4O3/c1-3-25-16(23)9-11-21-18-15(8-5-10-20-18)17(24)13-6-4-7-14(12-13)22(2)19/h4-8,10,12H,3,9,11,19H2,1-2H3,(H,20,21). The topological polar surface area (TPSA) is 97.5 Å². The highest BCUT2D eigenvalue weighted by molar-refractivity contribution is 6.12. The zero-order valence-electron chi connectivity index (χ0n) is 14.4. The molecule has 2 rings (SSSR count). The first kappa shape index (κ1) is 18.4. The molecule has 0 amide bonds. The first-order chi connectivity index (χ1) is 12.0. The third-order valence-corrected chi connectivity index (χ3v) is 3.49. The summed E-state index contributed by atoms with van der Waals surface area (Å²) in [5.74, 6) is 5.69. The third-order valence-electron chi connectivity index (χ3n) is 3.49. The van der Waals surface area contributed by atoms with Gasteiger partial charge >= 0.3 is 5.97 Å². The number of nitrogens with one attached hydrogen (secondary N) is 1. The number of ether oxygens (including phenoxy) is 1. The van der Waals surface area contributed by atoms with Crippen LogP contribution in [0.2, 0.25) is 0 Å². The van der Waals surface area contributed by atoms with Gasteiger partial charge in [0.15, 0.2) is 5.78 Å². The summed E-state index contributed by atoms with van der Waals surface area (Å²) in [5.41, 5.74) is 1.67. The average molecular weight is 342 g/mol. The minimum absolute atomic E-state index is 0.171. The van der Waals surface area contributed by atoms with Crippen LogP contribution in [0.4, 0.5) is 11.5 Å². The summed E-state index contributed by atoms with van der Waals surface area (Å²) in [6, 6.07) is 10.4. The lowest BCUT2D eigenvalue weighted by molar-refractivity contribution is -0.142. The van der Waals surface area contributed by atoms with E-state index in [9.17, 15) is 9.59 Å². The number of esters is 1. The Hall–Kier alpha value is -2.93. The number of aromatic nitrogens is 1. The van der Waals surface area contributed by atoms with Crippen LogP contribution in [0.15, 0.2) is 42.6 Å². The summed E-state index contributed by atoms with van der Waals surface area (Å²) in [5, 5.41) is 4.47. The summed E-state index contributed by atoms with van der Waals surface area (Å²) in [6.07, 6.45) is 1.79. The van der Waals surface area contributed by atoms with Crippen molar-refractivity contribution < 1.29 is 14.3 Å². The number of ketones is 1. The number of nitrogens with zero attached hydrogens (tertiary/aromatic N) is 2. The van der Waals surface area contributed by atoms with E-state index in [-0.39, 0.29) is 18.2 Å². The zero-order chi connectivity index (χ0) is 18.2. The number of hydrogen-bond acceptors (Lipinski definition) is 7. The largest absolute Gasteiger partial charge is 0.466 e. The molecule has 0 saturated heterocycles. The van der Waals surface area contributed by atoms with Gasteiger partial charge in [0.2, 0.25) is 0 Å². The monoisotopic (exact) mass is 342 g/mol. The zero-order valence-corrected chi connectivity index (χ0v) is 14.4. The third kappa shape index (κ3) is 5.02. The van der Waals surface area contributed by atoms with Crippen molar-refractivity contribution in [2.75, 3.05) is 30.5 Å². The molecule has 2 aromatic rings. The molecule has 0 radical (unpaired) electrons. The van der Waals surface area contributed by atoms with Crippen molar-refractivity contribution >= 4 is 23.3 Å². The molecule has 0 aliphatic heterocycles. The van der Waals surface area contributed by atoms with Crippen molar-refractivity contribution in [3.05, 3.63) is 53.7 Å². The van der Waals surface area contributed by atoms with E-state index >= 15 is 0 Å². The van der Waals surface area contributed by atoms with E-state index < -0.39 is 0 Å². The van der Waals surface area contributed by atoms with E-state index in [1.807, 2.05) is 6.07 Å². The Morgan fingerprint density at radius 1 is 1.28 bits per heavy atom. The summed E-state index contributed by atoms with van der Waals surface area (Å²) in [6.45, 7) is 2.44. The minimum atomic E-state index is -0.294. The summed E-state index contributed by atoms with van der Waals surface area (Å²) < 4.78 is 4.88. The molecule has 0 unspecified atom stereocenters. The van der Waals surface area contributed by atoms with Crippen molar-refractivity contribution in [3.8, 4) is 0 Å². The molecule has 1 aromatic heterocycles. The first-order valence-corrected chi connectivity index (χ1v) is 8.00. The van der Waals surface area contributed by atoms with Crippen molar-refractivity contribution in [1.29, 1.82) is 0 Å². The normalized spacial score (nSPS) is 10.2. The molecule has 25 heavy (non-hydrogen) atoms. The molecular weight excluding hydrogens is 320 g/mol. The Balaban J connectivity index is 2.15. The fraction of sp³-hybridized carbons (Fsp3) is 0.278. The van der Waals surface area contributed by atoms with Crippen LogP contribution in [0.25, 0.3) is 0 Å². The number of carbonyl (C=O) groups is 2. The lowest BCUT2D eigenvalue weighted by Gasteiger charge is -2.14. The Morgan fingerprint density at radius 3 is 2.80 bits per heavy atom. The van der Waals surface area contributed by atoms with Gasteiger partial charge in [-0.1, -0.05) is 12.1 Å². The van der Waals surface area contributed by atoms with Gasteiger partial charge in [0.25, 0.3) is 0 Å². The second-order valence-corrected chi connectivity index (χ2v) is 5.37. The van der Waals surface area contributed by atoms with Crippen LogP contribution < -0.4 is 16.2 Å². The average Bonchev–Trinajstić information content (AvgIpc) is 2.62. The van der Waals surface area contributed by atoms with Gasteiger partial charge in [0, 0.05) is 25.4 Å². The second kappa shape index (κ2) is 8.79. The van der Waals surface area contributed by atoms with E-state index in [0.29, 0.717) is 30.1 Å². The molecule has 3 N–H and O–H groups in total. The van der Waals surface area contributed by atoms with Crippen molar-refractivity contribution in [2.24, 2.45) is 5.84 Å². The number of benzene rings is 1. The van der Waals surface area contributed by atoms with Gasteiger partial charge in [-0.2, -0.15) is 0 Å². The number of nitrogens with two attached hydrogens (primary N) is 1. The van der Waals surface area contributed by atoms with E-state index in [0.717, 1.165) is 5.69 Å². The molecule has 0 aliphatic rings. The van der Waals surface area contributed by atoms with Crippen LogP contribution in [0.5, 0.6) is 0 Å². The van der Waals surface area contributed by atoms with E-state index in [1.165, 1.54) is 5.01 Å². The van der Waals surface area contributed by atoms with Crippen LogP contribution in [-0.2, 0) is 9.53 Å². The quantitative estimate of drug-likeness (QED) is 0.328. The fourth-order valence-electron chi connectivity index (χ4n) is 2.27. The van der Waals surface area contributed by atoms with Gasteiger partial charge < -0.3 is 15.1 Å². The molecule has 0 spiro atoms. The predicted octanol–water partition coefficient (Wildman–Crippen LogP) is 1.99. The maximum absolute atomic E-state index is 12.8. The van der Waals surface area contributed by atoms with Crippen molar-refractivity contribution in [2.45, 2.75) is 13.3 Å². The Bertz CT molecular complexity index is 747. The SMILES string of the molecule is CCOC(=O)CCNc1ncccc1C(=O)c1cccc(N(C)N)c1. The van der Waals surface area contributed by atoms with Gasteiger partial charge in [0.05, 0.1) is 24.3 Å². The van der Waals surface area contributed by atoms with E-state index in [1.54, 1.807) is 50.5 Å². The highest BCUT2D eigenvalue weighted by Gasteiger charge is 2.15. The van der Waals surface area contributed by atoms with Gasteiger partial charge in [-0.25, -0.2) is 10.8 Å². The fourth-order valence-corrected chi connectivity index (χ4v) is 2.27. The molecule has 1 heterocycles. The molecule has 0 saturated carbocycles. The lowest BCUT2D eigenvalue weighted by Crippen LogP contribution is -2.25. The first-order valence-electron chi connectivity index (χ1n) is 8.00. The number of pyridine rings is 1. The molecular formula is C18H22N4O3. The van der Waals surface area contributed by atoms with Crippen LogP contribution in [0, 0.1) is 0 Å². The number of carbonyl (C=O) groups excluding carboxylic acids is 2. The van der Waals surface area contributed by atoms with E-state index in [2.05, 4.69) is 10.3 Å². The molecule has 7 heteroatoms. The van der Waals surface area contributed by atoms with Crippen LogP contribution in [-0.4, -0.2) is 36.9 Å². The van der Waals surface area contributed by atoms with Gasteiger partial charge in [-0.3, -0.25) is 9.59 Å². The van der Waals surface area contributed by atoms with Crippen LogP contribution in [0.1, 0.15) is 29.3 Å².